The van der Waals surface area contributed by atoms with Gasteiger partial charge in [-0.05, 0) is 50.8 Å². The van der Waals surface area contributed by atoms with Crippen molar-refractivity contribution >= 4 is 23.2 Å². The zero-order valence-electron chi connectivity index (χ0n) is 16.1. The molecule has 0 aliphatic heterocycles. The molecule has 0 aliphatic carbocycles. The van der Waals surface area contributed by atoms with Gasteiger partial charge in [-0.25, -0.2) is 4.68 Å². The number of halogens is 1. The fraction of sp³-hybridized carbons (Fsp3) is 0.316. The van der Waals surface area contributed by atoms with E-state index >= 15 is 0 Å². The van der Waals surface area contributed by atoms with Gasteiger partial charge in [-0.3, -0.25) is 9.48 Å². The average molecular weight is 403 g/mol. The molecule has 0 aliphatic rings. The summed E-state index contributed by atoms with van der Waals surface area (Å²) in [4.78, 5) is 14.4. The summed E-state index contributed by atoms with van der Waals surface area (Å²) in [6.07, 6.45) is 5.11. The third kappa shape index (κ3) is 5.34. The molecule has 0 saturated heterocycles. The summed E-state index contributed by atoms with van der Waals surface area (Å²) in [5.74, 6) is 0.391. The molecule has 0 atom stereocenters. The van der Waals surface area contributed by atoms with Crippen LogP contribution in [0.1, 0.15) is 16.1 Å². The minimum Gasteiger partial charge on any atom is -0.471 e. The van der Waals surface area contributed by atoms with Crippen LogP contribution in [-0.2, 0) is 13.3 Å². The van der Waals surface area contributed by atoms with Crippen molar-refractivity contribution in [3.63, 3.8) is 0 Å². The Labute approximate surface area is 168 Å². The number of nitrogens with one attached hydrogen (secondary N) is 1. The smallest absolute Gasteiger partial charge is 0.276 e. The molecule has 8 nitrogen and oxygen atoms in total. The molecule has 0 bridgehead atoms. The molecule has 1 amide bonds. The van der Waals surface area contributed by atoms with Crippen LogP contribution in [0.2, 0.25) is 5.02 Å². The molecule has 3 aromatic rings. The number of ether oxygens (including phenoxy) is 1. The quantitative estimate of drug-likeness (QED) is 0.626. The normalized spacial score (nSPS) is 11.0. The molecular formula is C19H23ClN6O2. The van der Waals surface area contributed by atoms with Gasteiger partial charge < -0.3 is 15.0 Å². The third-order valence-corrected chi connectivity index (χ3v) is 4.46. The number of carbonyl (C=O) groups excluding carboxylic acids is 1. The Balaban J connectivity index is 1.54. The van der Waals surface area contributed by atoms with Crippen LogP contribution in [0.4, 0.5) is 5.69 Å². The molecule has 28 heavy (non-hydrogen) atoms. The van der Waals surface area contributed by atoms with E-state index in [1.54, 1.807) is 46.2 Å². The number of rotatable bonds is 8. The van der Waals surface area contributed by atoms with Crippen molar-refractivity contribution in [2.45, 2.75) is 20.2 Å². The van der Waals surface area contributed by atoms with E-state index in [1.165, 1.54) is 0 Å². The summed E-state index contributed by atoms with van der Waals surface area (Å²) in [6.45, 7) is 3.72. The first-order chi connectivity index (χ1) is 13.4. The third-order valence-electron chi connectivity index (χ3n) is 4.03. The number of anilines is 1. The summed E-state index contributed by atoms with van der Waals surface area (Å²) >= 11 is 6.01. The SMILES string of the molecule is Cc1cc(OCn2ccc(C(=O)Nc3cnn(CCN(C)C)c3)n2)ccc1Cl. The van der Waals surface area contributed by atoms with Crippen LogP contribution in [0.3, 0.4) is 0 Å². The van der Waals surface area contributed by atoms with Crippen LogP contribution >= 0.6 is 11.6 Å². The van der Waals surface area contributed by atoms with Crippen LogP contribution < -0.4 is 10.1 Å². The molecule has 1 N–H and O–H groups in total. The predicted molar refractivity (Wildman–Crippen MR) is 108 cm³/mol. The molecule has 0 radical (unpaired) electrons. The molecule has 1 aromatic carbocycles. The van der Waals surface area contributed by atoms with E-state index in [9.17, 15) is 4.79 Å². The highest BCUT2D eigenvalue weighted by Gasteiger charge is 2.11. The maximum atomic E-state index is 12.4. The summed E-state index contributed by atoms with van der Waals surface area (Å²) in [7, 11) is 4.00. The number of aromatic nitrogens is 4. The largest absolute Gasteiger partial charge is 0.471 e. The first-order valence-electron chi connectivity index (χ1n) is 8.81. The fourth-order valence-electron chi connectivity index (χ4n) is 2.45. The Bertz CT molecular complexity index is 950. The molecule has 2 heterocycles. The lowest BCUT2D eigenvalue weighted by Crippen LogP contribution is -2.18. The van der Waals surface area contributed by atoms with Gasteiger partial charge in [0.1, 0.15) is 5.75 Å². The fourth-order valence-corrected chi connectivity index (χ4v) is 2.57. The van der Waals surface area contributed by atoms with Crippen molar-refractivity contribution in [2.75, 3.05) is 26.0 Å². The Morgan fingerprint density at radius 3 is 2.86 bits per heavy atom. The lowest BCUT2D eigenvalue weighted by atomic mass is 10.2. The molecule has 0 unspecified atom stereocenters. The van der Waals surface area contributed by atoms with Crippen LogP contribution in [0, 0.1) is 6.92 Å². The van der Waals surface area contributed by atoms with Gasteiger partial charge in [0.05, 0.1) is 18.4 Å². The minimum absolute atomic E-state index is 0.191. The zero-order chi connectivity index (χ0) is 20.1. The Morgan fingerprint density at radius 1 is 1.29 bits per heavy atom. The van der Waals surface area contributed by atoms with Crippen LogP contribution in [-0.4, -0.2) is 51.0 Å². The molecule has 148 valence electrons. The number of aryl methyl sites for hydroxylation is 1. The van der Waals surface area contributed by atoms with E-state index in [2.05, 4.69) is 20.4 Å². The van der Waals surface area contributed by atoms with Gasteiger partial charge >= 0.3 is 0 Å². The highest BCUT2D eigenvalue weighted by atomic mass is 35.5. The number of amides is 1. The minimum atomic E-state index is -0.298. The molecule has 0 spiro atoms. The first-order valence-corrected chi connectivity index (χ1v) is 9.19. The summed E-state index contributed by atoms with van der Waals surface area (Å²) in [5.41, 5.74) is 1.87. The van der Waals surface area contributed by atoms with Crippen molar-refractivity contribution in [3.05, 3.63) is 59.1 Å². The second-order valence-electron chi connectivity index (χ2n) is 6.67. The van der Waals surface area contributed by atoms with Crippen LogP contribution in [0.5, 0.6) is 5.75 Å². The summed E-state index contributed by atoms with van der Waals surface area (Å²) in [6, 6.07) is 7.07. The lowest BCUT2D eigenvalue weighted by Gasteiger charge is -2.08. The van der Waals surface area contributed by atoms with Crippen molar-refractivity contribution in [2.24, 2.45) is 0 Å². The monoisotopic (exact) mass is 402 g/mol. The van der Waals surface area contributed by atoms with Gasteiger partial charge in [0, 0.05) is 24.0 Å². The van der Waals surface area contributed by atoms with E-state index in [1.807, 2.05) is 27.1 Å². The summed E-state index contributed by atoms with van der Waals surface area (Å²) < 4.78 is 9.02. The molecule has 0 saturated carbocycles. The lowest BCUT2D eigenvalue weighted by molar-refractivity contribution is 0.102. The Morgan fingerprint density at radius 2 is 2.11 bits per heavy atom. The van der Waals surface area contributed by atoms with Gasteiger partial charge in [-0.1, -0.05) is 11.6 Å². The highest BCUT2D eigenvalue weighted by Crippen LogP contribution is 2.21. The van der Waals surface area contributed by atoms with Gasteiger partial charge in [0.25, 0.3) is 5.91 Å². The summed E-state index contributed by atoms with van der Waals surface area (Å²) in [5, 5.41) is 12.0. The molecule has 2 aromatic heterocycles. The molecule has 9 heteroatoms. The molecular weight excluding hydrogens is 380 g/mol. The second kappa shape index (κ2) is 8.90. The number of benzene rings is 1. The Hall–Kier alpha value is -2.84. The van der Waals surface area contributed by atoms with Crippen LogP contribution in [0.25, 0.3) is 0 Å². The predicted octanol–water partition coefficient (Wildman–Crippen LogP) is 2.89. The second-order valence-corrected chi connectivity index (χ2v) is 7.08. The molecule has 3 rings (SSSR count). The maximum Gasteiger partial charge on any atom is 0.276 e. The number of hydrogen-bond acceptors (Lipinski definition) is 5. The number of hydrogen-bond donors (Lipinski definition) is 1. The topological polar surface area (TPSA) is 77.2 Å². The maximum absolute atomic E-state index is 12.4. The Kier molecular flexibility index (Phi) is 6.33. The average Bonchev–Trinajstić information content (AvgIpc) is 3.30. The van der Waals surface area contributed by atoms with Crippen molar-refractivity contribution in [3.8, 4) is 5.75 Å². The number of nitrogens with zero attached hydrogens (tertiary/aromatic N) is 5. The number of likely N-dealkylation sites (N-methyl/N-ethyl adjacent to an activating group) is 1. The van der Waals surface area contributed by atoms with Crippen molar-refractivity contribution in [1.29, 1.82) is 0 Å². The van der Waals surface area contributed by atoms with Gasteiger partial charge in [0.15, 0.2) is 12.4 Å². The van der Waals surface area contributed by atoms with Crippen molar-refractivity contribution in [1.82, 2.24) is 24.5 Å². The van der Waals surface area contributed by atoms with Gasteiger partial charge in [-0.2, -0.15) is 10.2 Å². The standard InChI is InChI=1S/C19H23ClN6O2/c1-14-10-16(4-5-17(14)20)28-13-26-7-6-18(23-26)19(27)22-15-11-21-25(12-15)9-8-24(2)3/h4-7,10-12H,8-9,13H2,1-3H3,(H,22,27). The van der Waals surface area contributed by atoms with E-state index in [0.717, 1.165) is 18.7 Å². The first kappa shape index (κ1) is 19.9. The zero-order valence-corrected chi connectivity index (χ0v) is 16.8. The van der Waals surface area contributed by atoms with E-state index in [-0.39, 0.29) is 12.6 Å². The van der Waals surface area contributed by atoms with Crippen LogP contribution in [0.15, 0.2) is 42.9 Å². The van der Waals surface area contributed by atoms with Crippen molar-refractivity contribution < 1.29 is 9.53 Å². The number of carbonyl (C=O) groups is 1. The van der Waals surface area contributed by atoms with E-state index in [4.69, 9.17) is 16.3 Å². The van der Waals surface area contributed by atoms with E-state index < -0.39 is 0 Å². The van der Waals surface area contributed by atoms with Gasteiger partial charge in [-0.15, -0.1) is 0 Å². The van der Waals surface area contributed by atoms with Gasteiger partial charge in [0.2, 0.25) is 0 Å². The highest BCUT2D eigenvalue weighted by molar-refractivity contribution is 6.31. The van der Waals surface area contributed by atoms with E-state index in [0.29, 0.717) is 22.2 Å². The molecule has 0 fully saturated rings.